The normalized spacial score (nSPS) is 15.9. The summed E-state index contributed by atoms with van der Waals surface area (Å²) < 4.78 is 16.8. The van der Waals surface area contributed by atoms with Gasteiger partial charge in [-0.2, -0.15) is 0 Å². The molecule has 27 heavy (non-hydrogen) atoms. The number of aryl methyl sites for hydroxylation is 2. The molecule has 2 aromatic carbocycles. The lowest BCUT2D eigenvalue weighted by Crippen LogP contribution is -2.26. The number of aromatic nitrogens is 1. The molecule has 1 aliphatic rings. The van der Waals surface area contributed by atoms with Gasteiger partial charge in [-0.15, -0.1) is 0 Å². The maximum Gasteiger partial charge on any atom is 0.140 e. The van der Waals surface area contributed by atoms with Gasteiger partial charge in [0.05, 0.1) is 17.9 Å². The molecule has 1 aliphatic heterocycles. The van der Waals surface area contributed by atoms with Crippen molar-refractivity contribution in [1.29, 1.82) is 0 Å². The highest BCUT2D eigenvalue weighted by atomic mass is 16.5. The lowest BCUT2D eigenvalue weighted by Gasteiger charge is -2.26. The van der Waals surface area contributed by atoms with Crippen LogP contribution in [0, 0.1) is 13.8 Å². The quantitative estimate of drug-likeness (QED) is 0.699. The van der Waals surface area contributed by atoms with E-state index in [2.05, 4.69) is 34.7 Å². The molecule has 0 saturated heterocycles. The monoisotopic (exact) mass is 364 g/mol. The molecule has 5 nitrogen and oxygen atoms in total. The summed E-state index contributed by atoms with van der Waals surface area (Å²) in [7, 11) is 0. The summed E-state index contributed by atoms with van der Waals surface area (Å²) in [5, 5.41) is 7.60. The molecule has 4 rings (SSSR count). The zero-order chi connectivity index (χ0) is 18.6. The van der Waals surface area contributed by atoms with Crippen LogP contribution < -0.4 is 14.8 Å². The molecule has 0 amide bonds. The van der Waals surface area contributed by atoms with Gasteiger partial charge >= 0.3 is 0 Å². The Hall–Kier alpha value is -2.79. The van der Waals surface area contributed by atoms with Crippen LogP contribution in [-0.2, 0) is 13.2 Å². The first-order valence-corrected chi connectivity index (χ1v) is 9.29. The molecular formula is C22H24N2O3. The van der Waals surface area contributed by atoms with E-state index < -0.39 is 0 Å². The van der Waals surface area contributed by atoms with Crippen LogP contribution in [0.5, 0.6) is 11.5 Å². The fraction of sp³-hybridized carbons (Fsp3) is 0.318. The predicted molar refractivity (Wildman–Crippen MR) is 103 cm³/mol. The van der Waals surface area contributed by atoms with Gasteiger partial charge in [0.25, 0.3) is 0 Å². The number of benzene rings is 2. The third kappa shape index (κ3) is 3.98. The van der Waals surface area contributed by atoms with Crippen LogP contribution >= 0.6 is 0 Å². The number of ether oxygens (including phenoxy) is 2. The van der Waals surface area contributed by atoms with Crippen molar-refractivity contribution in [1.82, 2.24) is 10.5 Å². The molecule has 3 aromatic rings. The first-order chi connectivity index (χ1) is 13.2. The zero-order valence-corrected chi connectivity index (χ0v) is 15.7. The van der Waals surface area contributed by atoms with Crippen molar-refractivity contribution in [2.24, 2.45) is 0 Å². The maximum atomic E-state index is 5.87. The van der Waals surface area contributed by atoms with Crippen LogP contribution in [0.2, 0.25) is 0 Å². The van der Waals surface area contributed by atoms with Crippen LogP contribution in [0.4, 0.5) is 0 Å². The van der Waals surface area contributed by atoms with Gasteiger partial charge in [0.2, 0.25) is 0 Å². The Labute approximate surface area is 159 Å². The molecule has 0 fully saturated rings. The summed E-state index contributed by atoms with van der Waals surface area (Å²) in [6.07, 6.45) is 0.982. The number of hydrogen-bond acceptors (Lipinski definition) is 5. The molecule has 140 valence electrons. The van der Waals surface area contributed by atoms with E-state index in [-0.39, 0.29) is 0 Å². The molecule has 2 heterocycles. The summed E-state index contributed by atoms with van der Waals surface area (Å²) in [6.45, 7) is 5.87. The number of fused-ring (bicyclic) bond motifs is 1. The van der Waals surface area contributed by atoms with Gasteiger partial charge in [0, 0.05) is 24.6 Å². The molecule has 1 N–H and O–H groups in total. The average Bonchev–Trinajstić information content (AvgIpc) is 3.03. The minimum absolute atomic E-state index is 0.324. The summed E-state index contributed by atoms with van der Waals surface area (Å²) in [6, 6.07) is 16.8. The van der Waals surface area contributed by atoms with E-state index in [0.29, 0.717) is 12.6 Å². The fourth-order valence-electron chi connectivity index (χ4n) is 3.36. The van der Waals surface area contributed by atoms with Gasteiger partial charge in [0.1, 0.15) is 23.9 Å². The van der Waals surface area contributed by atoms with Crippen molar-refractivity contribution < 1.29 is 14.0 Å². The Bertz CT molecular complexity index is 883. The molecule has 5 heteroatoms. The molecule has 0 bridgehead atoms. The highest BCUT2D eigenvalue weighted by Crippen LogP contribution is 2.31. The van der Waals surface area contributed by atoms with Gasteiger partial charge in [0.15, 0.2) is 0 Å². The van der Waals surface area contributed by atoms with Crippen LogP contribution in [0.1, 0.15) is 40.6 Å². The first-order valence-electron chi connectivity index (χ1n) is 9.29. The van der Waals surface area contributed by atoms with E-state index >= 15 is 0 Å². The number of nitrogens with zero attached hydrogens (tertiary/aromatic N) is 1. The van der Waals surface area contributed by atoms with Gasteiger partial charge in [-0.3, -0.25) is 0 Å². The Balaban J connectivity index is 1.34. The highest BCUT2D eigenvalue weighted by molar-refractivity contribution is 5.37. The van der Waals surface area contributed by atoms with Crippen molar-refractivity contribution in [3.05, 3.63) is 76.7 Å². The van der Waals surface area contributed by atoms with Gasteiger partial charge < -0.3 is 19.3 Å². The molecule has 0 spiro atoms. The van der Waals surface area contributed by atoms with Crippen molar-refractivity contribution in [2.45, 2.75) is 39.5 Å². The topological polar surface area (TPSA) is 56.5 Å². The number of hydrogen-bond donors (Lipinski definition) is 1. The van der Waals surface area contributed by atoms with Crippen molar-refractivity contribution in [3.8, 4) is 11.5 Å². The Morgan fingerprint density at radius 3 is 2.70 bits per heavy atom. The Morgan fingerprint density at radius 2 is 1.93 bits per heavy atom. The minimum atomic E-state index is 0.324. The second kappa shape index (κ2) is 7.84. The standard InChI is InChI=1S/C22H24N2O3/c1-15-20(16(2)27-24-15)14-26-18-9-7-17(8-10-18)13-23-21-11-12-25-22-6-4-3-5-19(21)22/h3-10,21,23H,11-14H2,1-2H3/t21-/m0/s1. The van der Waals surface area contributed by atoms with Gasteiger partial charge in [-0.05, 0) is 37.6 Å². The third-order valence-electron chi connectivity index (χ3n) is 5.00. The van der Waals surface area contributed by atoms with E-state index in [1.165, 1.54) is 11.1 Å². The molecule has 0 aliphatic carbocycles. The summed E-state index contributed by atoms with van der Waals surface area (Å²) in [5.41, 5.74) is 4.36. The van der Waals surface area contributed by atoms with E-state index in [1.807, 2.05) is 38.1 Å². The number of rotatable bonds is 6. The van der Waals surface area contributed by atoms with E-state index in [9.17, 15) is 0 Å². The maximum absolute atomic E-state index is 5.87. The smallest absolute Gasteiger partial charge is 0.140 e. The van der Waals surface area contributed by atoms with Gasteiger partial charge in [-0.1, -0.05) is 35.5 Å². The van der Waals surface area contributed by atoms with Crippen LogP contribution in [0.25, 0.3) is 0 Å². The fourth-order valence-corrected chi connectivity index (χ4v) is 3.36. The molecule has 1 atom stereocenters. The second-order valence-corrected chi connectivity index (χ2v) is 6.84. The summed E-state index contributed by atoms with van der Waals surface area (Å²) in [5.74, 6) is 2.64. The molecule has 0 unspecified atom stereocenters. The minimum Gasteiger partial charge on any atom is -0.493 e. The summed E-state index contributed by atoms with van der Waals surface area (Å²) >= 11 is 0. The third-order valence-corrected chi connectivity index (χ3v) is 5.00. The second-order valence-electron chi connectivity index (χ2n) is 6.84. The van der Waals surface area contributed by atoms with E-state index in [4.69, 9.17) is 14.0 Å². The SMILES string of the molecule is Cc1noc(C)c1COc1ccc(CN[C@H]2CCOc3ccccc32)cc1. The number of nitrogens with one attached hydrogen (secondary N) is 1. The average molecular weight is 364 g/mol. The van der Waals surface area contributed by atoms with E-state index in [1.54, 1.807) is 0 Å². The van der Waals surface area contributed by atoms with E-state index in [0.717, 1.165) is 48.1 Å². The highest BCUT2D eigenvalue weighted by Gasteiger charge is 2.20. The van der Waals surface area contributed by atoms with Crippen molar-refractivity contribution in [3.63, 3.8) is 0 Å². The number of para-hydroxylation sites is 1. The van der Waals surface area contributed by atoms with Crippen molar-refractivity contribution >= 4 is 0 Å². The van der Waals surface area contributed by atoms with Crippen LogP contribution in [0.15, 0.2) is 53.1 Å². The molecular weight excluding hydrogens is 340 g/mol. The molecule has 1 aromatic heterocycles. The Morgan fingerprint density at radius 1 is 1.11 bits per heavy atom. The molecule has 0 radical (unpaired) electrons. The first kappa shape index (κ1) is 17.6. The molecule has 0 saturated carbocycles. The van der Waals surface area contributed by atoms with Crippen LogP contribution in [-0.4, -0.2) is 11.8 Å². The Kier molecular flexibility index (Phi) is 5.12. The predicted octanol–water partition coefficient (Wildman–Crippen LogP) is 4.48. The largest absolute Gasteiger partial charge is 0.493 e. The van der Waals surface area contributed by atoms with Crippen LogP contribution in [0.3, 0.4) is 0 Å². The lowest BCUT2D eigenvalue weighted by molar-refractivity contribution is 0.252. The van der Waals surface area contributed by atoms with Gasteiger partial charge in [-0.25, -0.2) is 0 Å². The zero-order valence-electron chi connectivity index (χ0n) is 15.7. The summed E-state index contributed by atoms with van der Waals surface area (Å²) in [4.78, 5) is 0. The lowest BCUT2D eigenvalue weighted by atomic mass is 10.0. The van der Waals surface area contributed by atoms with Crippen molar-refractivity contribution in [2.75, 3.05) is 6.61 Å².